The van der Waals surface area contributed by atoms with Crippen LogP contribution < -0.4 is 20.3 Å². The van der Waals surface area contributed by atoms with Gasteiger partial charge in [-0.05, 0) is 24.1 Å². The molecule has 6 rings (SSSR count). The second kappa shape index (κ2) is 12.2. The van der Waals surface area contributed by atoms with E-state index in [0.29, 0.717) is 65.1 Å². The van der Waals surface area contributed by atoms with Gasteiger partial charge in [-0.15, -0.1) is 0 Å². The number of anilines is 3. The zero-order valence-electron chi connectivity index (χ0n) is 22.9. The van der Waals surface area contributed by atoms with Crippen molar-refractivity contribution in [3.63, 3.8) is 0 Å². The minimum atomic E-state index is -3.59. The van der Waals surface area contributed by atoms with Crippen LogP contribution in [0.15, 0.2) is 41.6 Å². The summed E-state index contributed by atoms with van der Waals surface area (Å²) in [7, 11) is -3.59. The van der Waals surface area contributed by atoms with E-state index in [1.165, 1.54) is 0 Å². The molecule has 3 aliphatic rings. The van der Waals surface area contributed by atoms with Crippen molar-refractivity contribution in [2.75, 3.05) is 87.8 Å². The van der Waals surface area contributed by atoms with Crippen LogP contribution >= 0.6 is 0 Å². The lowest BCUT2D eigenvalue weighted by Gasteiger charge is -2.28. The van der Waals surface area contributed by atoms with Crippen LogP contribution in [0.3, 0.4) is 0 Å². The molecule has 2 saturated heterocycles. The van der Waals surface area contributed by atoms with E-state index in [1.807, 2.05) is 12.1 Å². The molecular weight excluding hydrogens is 546 g/mol. The first kappa shape index (κ1) is 27.7. The Morgan fingerprint density at radius 1 is 0.902 bits per heavy atom. The molecule has 0 atom stereocenters. The molecule has 14 heteroatoms. The zero-order valence-corrected chi connectivity index (χ0v) is 23.7. The van der Waals surface area contributed by atoms with Crippen LogP contribution in [0.2, 0.25) is 0 Å². The lowest BCUT2D eigenvalue weighted by atomic mass is 10.1. The number of hydrogen-bond acceptors (Lipinski definition) is 12. The fraction of sp³-hybridized carbons (Fsp3) is 0.481. The van der Waals surface area contributed by atoms with E-state index in [-0.39, 0.29) is 10.8 Å². The van der Waals surface area contributed by atoms with Crippen molar-refractivity contribution >= 4 is 27.7 Å². The number of nitrogens with one attached hydrogen (secondary N) is 1. The molecule has 0 aliphatic carbocycles. The largest absolute Gasteiger partial charge is 0.379 e. The van der Waals surface area contributed by atoms with Crippen LogP contribution in [-0.4, -0.2) is 105 Å². The number of sulfonamides is 1. The van der Waals surface area contributed by atoms with Gasteiger partial charge in [-0.25, -0.2) is 28.1 Å². The number of ether oxygens (including phenoxy) is 2. The first-order chi connectivity index (χ1) is 20.0. The number of nitrogens with two attached hydrogens (primary N) is 1. The highest BCUT2D eigenvalue weighted by atomic mass is 32.2. The number of hydrogen-bond donors (Lipinski definition) is 2. The van der Waals surface area contributed by atoms with Crippen molar-refractivity contribution in [1.29, 1.82) is 0 Å². The molecule has 0 amide bonds. The molecule has 3 N–H and O–H groups in total. The Balaban J connectivity index is 1.18. The molecule has 41 heavy (non-hydrogen) atoms. The molecule has 1 aromatic carbocycles. The standard InChI is InChI=1S/C27H35N9O4S/c28-26-29-17-21(18-30-26)24-23-5-7-36(25(23)33-27(32-24)35-11-15-40-16-12-35)19-20-1-3-22(4-2-20)41(37,38)31-6-8-34-9-13-39-14-10-34/h1-4,17-18,31H,5-16,19H2,(H2,28,29,30). The molecule has 3 aliphatic heterocycles. The fourth-order valence-corrected chi connectivity index (χ4v) is 6.32. The summed E-state index contributed by atoms with van der Waals surface area (Å²) in [6, 6.07) is 7.07. The normalized spacial score (nSPS) is 18.0. The molecule has 0 unspecified atom stereocenters. The Bertz CT molecular complexity index is 1440. The number of fused-ring (bicyclic) bond motifs is 1. The summed E-state index contributed by atoms with van der Waals surface area (Å²) < 4.78 is 39.3. The third kappa shape index (κ3) is 6.41. The van der Waals surface area contributed by atoms with Crippen molar-refractivity contribution in [2.45, 2.75) is 17.9 Å². The first-order valence-corrected chi connectivity index (χ1v) is 15.4. The number of rotatable bonds is 9. The van der Waals surface area contributed by atoms with Gasteiger partial charge in [-0.3, -0.25) is 4.90 Å². The molecule has 218 valence electrons. The summed E-state index contributed by atoms with van der Waals surface area (Å²) in [5, 5.41) is 0. The fourth-order valence-electron chi connectivity index (χ4n) is 5.30. The topological polar surface area (TPSA) is 152 Å². The van der Waals surface area contributed by atoms with Gasteiger partial charge in [0.1, 0.15) is 5.82 Å². The summed E-state index contributed by atoms with van der Waals surface area (Å²) in [4.78, 5) is 25.1. The Morgan fingerprint density at radius 2 is 1.59 bits per heavy atom. The number of nitrogen functional groups attached to an aromatic ring is 1. The van der Waals surface area contributed by atoms with Crippen LogP contribution in [-0.2, 0) is 32.5 Å². The second-order valence-corrected chi connectivity index (χ2v) is 12.0. The van der Waals surface area contributed by atoms with Crippen molar-refractivity contribution in [2.24, 2.45) is 0 Å². The van der Waals surface area contributed by atoms with E-state index in [0.717, 1.165) is 54.3 Å². The quantitative estimate of drug-likeness (QED) is 0.362. The number of nitrogens with zero attached hydrogens (tertiary/aromatic N) is 7. The van der Waals surface area contributed by atoms with Gasteiger partial charge in [0.05, 0.1) is 37.0 Å². The highest BCUT2D eigenvalue weighted by Crippen LogP contribution is 2.36. The smallest absolute Gasteiger partial charge is 0.240 e. The highest BCUT2D eigenvalue weighted by Gasteiger charge is 2.29. The van der Waals surface area contributed by atoms with Crippen molar-refractivity contribution < 1.29 is 17.9 Å². The summed E-state index contributed by atoms with van der Waals surface area (Å²) in [5.41, 5.74) is 9.37. The first-order valence-electron chi connectivity index (χ1n) is 13.9. The van der Waals surface area contributed by atoms with Gasteiger partial charge in [0.15, 0.2) is 0 Å². The van der Waals surface area contributed by atoms with Crippen molar-refractivity contribution in [3.05, 3.63) is 47.8 Å². The van der Waals surface area contributed by atoms with Crippen LogP contribution in [0, 0.1) is 0 Å². The monoisotopic (exact) mass is 581 g/mol. The molecule has 0 bridgehead atoms. The molecule has 3 aromatic rings. The molecule has 0 saturated carbocycles. The molecule has 2 aromatic heterocycles. The summed E-state index contributed by atoms with van der Waals surface area (Å²) in [5.74, 6) is 1.73. The van der Waals surface area contributed by atoms with Gasteiger partial charge >= 0.3 is 0 Å². The van der Waals surface area contributed by atoms with E-state index in [4.69, 9.17) is 25.2 Å². The Labute approximate surface area is 239 Å². The predicted octanol–water partition coefficient (Wildman–Crippen LogP) is 0.526. The number of morpholine rings is 2. The number of benzene rings is 1. The van der Waals surface area contributed by atoms with Crippen LogP contribution in [0.5, 0.6) is 0 Å². The minimum Gasteiger partial charge on any atom is -0.379 e. The number of aromatic nitrogens is 4. The third-order valence-corrected chi connectivity index (χ3v) is 9.05. The second-order valence-electron chi connectivity index (χ2n) is 10.3. The SMILES string of the molecule is Nc1ncc(-c2nc(N3CCOCC3)nc3c2CCN3Cc2ccc(S(=O)(=O)NCCN3CCOCC3)cc2)cn1. The maximum atomic E-state index is 12.9. The molecule has 5 heterocycles. The highest BCUT2D eigenvalue weighted by molar-refractivity contribution is 7.89. The van der Waals surface area contributed by atoms with E-state index in [2.05, 4.69) is 29.4 Å². The molecular formula is C27H35N9O4S. The molecule has 2 fully saturated rings. The van der Waals surface area contributed by atoms with E-state index in [1.54, 1.807) is 24.5 Å². The van der Waals surface area contributed by atoms with Crippen molar-refractivity contribution in [1.82, 2.24) is 29.6 Å². The lowest BCUT2D eigenvalue weighted by molar-refractivity contribution is 0.0390. The van der Waals surface area contributed by atoms with Crippen molar-refractivity contribution in [3.8, 4) is 11.3 Å². The summed E-state index contributed by atoms with van der Waals surface area (Å²) >= 11 is 0. The van der Waals surface area contributed by atoms with Gasteiger partial charge in [-0.2, -0.15) is 4.98 Å². The molecule has 0 spiro atoms. The van der Waals surface area contributed by atoms with Gasteiger partial charge < -0.3 is 25.0 Å². The van der Waals surface area contributed by atoms with Gasteiger partial charge in [0.2, 0.25) is 21.9 Å². The average Bonchev–Trinajstić information content (AvgIpc) is 3.41. The maximum absolute atomic E-state index is 12.9. The van der Waals surface area contributed by atoms with E-state index < -0.39 is 10.0 Å². The van der Waals surface area contributed by atoms with Gasteiger partial charge in [-0.1, -0.05) is 12.1 Å². The van der Waals surface area contributed by atoms with E-state index in [9.17, 15) is 8.42 Å². The Morgan fingerprint density at radius 3 is 2.29 bits per heavy atom. The van der Waals surface area contributed by atoms with Gasteiger partial charge in [0, 0.05) is 75.9 Å². The van der Waals surface area contributed by atoms with Gasteiger partial charge in [0.25, 0.3) is 0 Å². The zero-order chi connectivity index (χ0) is 28.2. The van der Waals surface area contributed by atoms with Crippen LogP contribution in [0.1, 0.15) is 11.1 Å². The van der Waals surface area contributed by atoms with Crippen LogP contribution in [0.25, 0.3) is 11.3 Å². The molecule has 13 nitrogen and oxygen atoms in total. The van der Waals surface area contributed by atoms with Crippen LogP contribution in [0.4, 0.5) is 17.7 Å². The predicted molar refractivity (Wildman–Crippen MR) is 154 cm³/mol. The summed E-state index contributed by atoms with van der Waals surface area (Å²) in [6.45, 7) is 8.09. The van der Waals surface area contributed by atoms with E-state index >= 15 is 0 Å². The lowest BCUT2D eigenvalue weighted by Crippen LogP contribution is -2.41. The Hall–Kier alpha value is -3.43. The molecule has 0 radical (unpaired) electrons. The Kier molecular flexibility index (Phi) is 8.25. The summed E-state index contributed by atoms with van der Waals surface area (Å²) in [6.07, 6.45) is 4.17. The maximum Gasteiger partial charge on any atom is 0.240 e. The third-order valence-electron chi connectivity index (χ3n) is 7.57. The minimum absolute atomic E-state index is 0.215. The average molecular weight is 582 g/mol.